The second kappa shape index (κ2) is 6.17. The number of nitrogens with one attached hydrogen (secondary N) is 1. The maximum Gasteiger partial charge on any atom is 0.294 e. The molecule has 8 heteroatoms. The number of hydrogen-bond acceptors (Lipinski definition) is 5. The average Bonchev–Trinajstić information content (AvgIpc) is 3.04. The summed E-state index contributed by atoms with van der Waals surface area (Å²) in [5.41, 5.74) is 0.577. The summed E-state index contributed by atoms with van der Waals surface area (Å²) < 4.78 is 1.37. The Bertz CT molecular complexity index is 742. The van der Waals surface area contributed by atoms with Gasteiger partial charge in [-0.25, -0.2) is 4.68 Å². The lowest BCUT2D eigenvalue weighted by atomic mass is 10.2. The van der Waals surface area contributed by atoms with E-state index in [1.807, 2.05) is 6.92 Å². The van der Waals surface area contributed by atoms with E-state index in [1.165, 1.54) is 10.7 Å². The Morgan fingerprint density at radius 2 is 2.17 bits per heavy atom. The fraction of sp³-hybridized carbons (Fsp3) is 0.333. The molecule has 1 aliphatic rings. The van der Waals surface area contributed by atoms with Crippen molar-refractivity contribution >= 4 is 11.6 Å². The Morgan fingerprint density at radius 1 is 1.39 bits per heavy atom. The molecule has 8 nitrogen and oxygen atoms in total. The molecule has 1 amide bonds. The zero-order chi connectivity index (χ0) is 16.4. The van der Waals surface area contributed by atoms with Crippen molar-refractivity contribution in [3.05, 3.63) is 52.3 Å². The molecule has 2 aromatic rings. The lowest BCUT2D eigenvalue weighted by molar-refractivity contribution is -0.384. The van der Waals surface area contributed by atoms with E-state index in [4.69, 9.17) is 0 Å². The predicted molar refractivity (Wildman–Crippen MR) is 83.6 cm³/mol. The molecule has 120 valence electrons. The van der Waals surface area contributed by atoms with Gasteiger partial charge in [0.15, 0.2) is 5.69 Å². The highest BCUT2D eigenvalue weighted by Crippen LogP contribution is 2.21. The summed E-state index contributed by atoms with van der Waals surface area (Å²) in [5.74, 6) is -0.157. The zero-order valence-electron chi connectivity index (χ0n) is 12.7. The summed E-state index contributed by atoms with van der Waals surface area (Å²) in [6.45, 7) is 4.02. The number of nitrogens with zero attached hydrogens (tertiary/aromatic N) is 4. The van der Waals surface area contributed by atoms with Crippen LogP contribution in [0.3, 0.4) is 0 Å². The van der Waals surface area contributed by atoms with Gasteiger partial charge in [-0.05, 0) is 19.1 Å². The molecule has 0 bridgehead atoms. The Balaban J connectivity index is 1.86. The highest BCUT2D eigenvalue weighted by atomic mass is 16.6. The number of benzene rings is 1. The van der Waals surface area contributed by atoms with E-state index in [-0.39, 0.29) is 23.3 Å². The van der Waals surface area contributed by atoms with Gasteiger partial charge in [-0.3, -0.25) is 14.9 Å². The normalized spacial score (nSPS) is 18.0. The van der Waals surface area contributed by atoms with Crippen molar-refractivity contribution in [3.8, 4) is 5.69 Å². The van der Waals surface area contributed by atoms with Crippen molar-refractivity contribution in [1.82, 2.24) is 20.0 Å². The van der Waals surface area contributed by atoms with Crippen LogP contribution in [0.5, 0.6) is 0 Å². The van der Waals surface area contributed by atoms with Gasteiger partial charge in [0, 0.05) is 37.9 Å². The molecule has 1 unspecified atom stereocenters. The maximum atomic E-state index is 12.5. The quantitative estimate of drug-likeness (QED) is 0.679. The monoisotopic (exact) mass is 315 g/mol. The van der Waals surface area contributed by atoms with Gasteiger partial charge in [0.25, 0.3) is 11.6 Å². The van der Waals surface area contributed by atoms with Gasteiger partial charge in [0.2, 0.25) is 0 Å². The smallest absolute Gasteiger partial charge is 0.294 e. The zero-order valence-corrected chi connectivity index (χ0v) is 12.7. The minimum absolute atomic E-state index is 0.0506. The number of hydrogen-bond donors (Lipinski definition) is 1. The molecule has 3 rings (SSSR count). The third-order valence-corrected chi connectivity index (χ3v) is 3.79. The van der Waals surface area contributed by atoms with Crippen LogP contribution in [0.1, 0.15) is 17.4 Å². The average molecular weight is 315 g/mol. The molecule has 0 aliphatic carbocycles. The lowest BCUT2D eigenvalue weighted by Gasteiger charge is -2.31. The number of rotatable bonds is 3. The van der Waals surface area contributed by atoms with Crippen LogP contribution < -0.4 is 5.32 Å². The number of nitro benzene ring substituents is 1. The fourth-order valence-electron chi connectivity index (χ4n) is 2.66. The van der Waals surface area contributed by atoms with Crippen LogP contribution in [-0.2, 0) is 0 Å². The molecule has 0 radical (unpaired) electrons. The van der Waals surface area contributed by atoms with E-state index in [0.717, 1.165) is 6.54 Å². The summed E-state index contributed by atoms with van der Waals surface area (Å²) in [7, 11) is 0. The minimum Gasteiger partial charge on any atom is -0.334 e. The molecule has 1 aromatic heterocycles. The summed E-state index contributed by atoms with van der Waals surface area (Å²) >= 11 is 0. The van der Waals surface area contributed by atoms with Gasteiger partial charge in [-0.2, -0.15) is 5.10 Å². The largest absolute Gasteiger partial charge is 0.334 e. The fourth-order valence-corrected chi connectivity index (χ4v) is 2.66. The highest BCUT2D eigenvalue weighted by molar-refractivity contribution is 5.92. The molecule has 1 fully saturated rings. The van der Waals surface area contributed by atoms with E-state index in [1.54, 1.807) is 35.4 Å². The van der Waals surface area contributed by atoms with Gasteiger partial charge < -0.3 is 10.2 Å². The van der Waals surface area contributed by atoms with Crippen LogP contribution in [0.15, 0.2) is 36.5 Å². The third-order valence-electron chi connectivity index (χ3n) is 3.79. The van der Waals surface area contributed by atoms with E-state index in [9.17, 15) is 14.9 Å². The summed E-state index contributed by atoms with van der Waals surface area (Å²) in [4.78, 5) is 24.9. The third kappa shape index (κ3) is 3.07. The second-order valence-corrected chi connectivity index (χ2v) is 5.50. The predicted octanol–water partition coefficient (Wildman–Crippen LogP) is 1.21. The van der Waals surface area contributed by atoms with Crippen molar-refractivity contribution in [2.24, 2.45) is 0 Å². The van der Waals surface area contributed by atoms with Crippen molar-refractivity contribution in [3.63, 3.8) is 0 Å². The lowest BCUT2D eigenvalue weighted by Crippen LogP contribution is -2.51. The number of carbonyl (C=O) groups excluding carboxylic acids is 1. The van der Waals surface area contributed by atoms with Gasteiger partial charge in [0.1, 0.15) is 5.69 Å². The Kier molecular flexibility index (Phi) is 4.07. The molecule has 1 aliphatic heterocycles. The standard InChI is InChI=1S/C15H17N5O3/c1-11-10-18(9-7-16-11)15(21)12-6-8-19(17-12)13-4-2-3-5-14(13)20(22)23/h2-6,8,11,16H,7,9-10H2,1H3. The molecular weight excluding hydrogens is 298 g/mol. The molecule has 1 saturated heterocycles. The van der Waals surface area contributed by atoms with Gasteiger partial charge >= 0.3 is 0 Å². The molecule has 1 atom stereocenters. The number of aromatic nitrogens is 2. The highest BCUT2D eigenvalue weighted by Gasteiger charge is 2.24. The minimum atomic E-state index is -0.462. The van der Waals surface area contributed by atoms with Crippen molar-refractivity contribution in [1.29, 1.82) is 0 Å². The Hall–Kier alpha value is -2.74. The molecule has 1 aromatic carbocycles. The van der Waals surface area contributed by atoms with E-state index in [0.29, 0.717) is 18.8 Å². The van der Waals surface area contributed by atoms with Crippen molar-refractivity contribution in [2.75, 3.05) is 19.6 Å². The molecule has 0 saturated carbocycles. The Morgan fingerprint density at radius 3 is 2.91 bits per heavy atom. The topological polar surface area (TPSA) is 93.3 Å². The van der Waals surface area contributed by atoms with Gasteiger partial charge in [0.05, 0.1) is 4.92 Å². The van der Waals surface area contributed by atoms with Crippen molar-refractivity contribution in [2.45, 2.75) is 13.0 Å². The number of nitro groups is 1. The van der Waals surface area contributed by atoms with E-state index < -0.39 is 4.92 Å². The van der Waals surface area contributed by atoms with Crippen LogP contribution in [0, 0.1) is 10.1 Å². The first-order chi connectivity index (χ1) is 11.1. The Labute approximate surface area is 132 Å². The molecule has 0 spiro atoms. The molecule has 2 heterocycles. The van der Waals surface area contributed by atoms with Gasteiger partial charge in [-0.15, -0.1) is 0 Å². The first-order valence-electron chi connectivity index (χ1n) is 7.38. The number of carbonyl (C=O) groups is 1. The van der Waals surface area contributed by atoms with Crippen LogP contribution in [0.4, 0.5) is 5.69 Å². The van der Waals surface area contributed by atoms with Gasteiger partial charge in [-0.1, -0.05) is 12.1 Å². The summed E-state index contributed by atoms with van der Waals surface area (Å²) in [5, 5.41) is 18.6. The van der Waals surface area contributed by atoms with Crippen LogP contribution >= 0.6 is 0 Å². The first-order valence-corrected chi connectivity index (χ1v) is 7.38. The number of amides is 1. The SMILES string of the molecule is CC1CN(C(=O)c2ccn(-c3ccccc3[N+](=O)[O-])n2)CCN1. The molecule has 1 N–H and O–H groups in total. The summed E-state index contributed by atoms with van der Waals surface area (Å²) in [6, 6.07) is 8.14. The maximum absolute atomic E-state index is 12.5. The number of piperazine rings is 1. The number of para-hydroxylation sites is 2. The molecular formula is C15H17N5O3. The summed E-state index contributed by atoms with van der Waals surface area (Å²) in [6.07, 6.45) is 1.57. The van der Waals surface area contributed by atoms with E-state index in [2.05, 4.69) is 10.4 Å². The van der Waals surface area contributed by atoms with E-state index >= 15 is 0 Å². The molecule has 23 heavy (non-hydrogen) atoms. The van der Waals surface area contributed by atoms with Crippen LogP contribution in [0.2, 0.25) is 0 Å². The van der Waals surface area contributed by atoms with Crippen LogP contribution in [0.25, 0.3) is 5.69 Å². The second-order valence-electron chi connectivity index (χ2n) is 5.50. The first kappa shape index (κ1) is 15.2. The van der Waals surface area contributed by atoms with Crippen molar-refractivity contribution < 1.29 is 9.72 Å². The van der Waals surface area contributed by atoms with Crippen LogP contribution in [-0.4, -0.2) is 51.2 Å².